The minimum Gasteiger partial charge on any atom is -0.322 e. The normalized spacial score (nSPS) is 15.6. The van der Waals surface area contributed by atoms with Crippen LogP contribution < -0.4 is 20.2 Å². The van der Waals surface area contributed by atoms with Crippen molar-refractivity contribution in [3.63, 3.8) is 0 Å². The molecule has 1 aliphatic rings. The number of anilines is 1. The second-order valence-electron chi connectivity index (χ2n) is 7.86. The van der Waals surface area contributed by atoms with Gasteiger partial charge in [-0.25, -0.2) is 4.99 Å². The average Bonchev–Trinajstić information content (AvgIpc) is 3.14. The molecule has 0 saturated carbocycles. The smallest absolute Gasteiger partial charge is 0.271 e. The molecule has 168 valence electrons. The topological polar surface area (TPSA) is 63.5 Å². The maximum absolute atomic E-state index is 13.6. The molecule has 34 heavy (non-hydrogen) atoms. The molecule has 0 saturated heterocycles. The lowest BCUT2D eigenvalue weighted by Gasteiger charge is -2.25. The Balaban J connectivity index is 1.68. The molecular formula is C27H20ClN3O2S. The Hall–Kier alpha value is -3.74. The summed E-state index contributed by atoms with van der Waals surface area (Å²) in [7, 11) is 0. The molecule has 2 heterocycles. The molecule has 3 aromatic carbocycles. The molecule has 1 aliphatic heterocycles. The molecule has 0 spiro atoms. The first kappa shape index (κ1) is 22.1. The van der Waals surface area contributed by atoms with E-state index in [1.807, 2.05) is 78.9 Å². The highest BCUT2D eigenvalue weighted by Gasteiger charge is 2.32. The first-order chi connectivity index (χ1) is 16.5. The number of thiazole rings is 1. The van der Waals surface area contributed by atoms with Crippen molar-refractivity contribution in [1.29, 1.82) is 0 Å². The van der Waals surface area contributed by atoms with Crippen molar-refractivity contribution in [2.45, 2.75) is 13.0 Å². The van der Waals surface area contributed by atoms with Crippen molar-refractivity contribution >= 4 is 40.6 Å². The number of carbonyl (C=O) groups excluding carboxylic acids is 1. The van der Waals surface area contributed by atoms with Gasteiger partial charge in [-0.2, -0.15) is 0 Å². The molecule has 1 amide bonds. The van der Waals surface area contributed by atoms with Crippen LogP contribution in [0, 0.1) is 0 Å². The van der Waals surface area contributed by atoms with Gasteiger partial charge in [0.2, 0.25) is 0 Å². The quantitative estimate of drug-likeness (QED) is 0.461. The number of hydrogen-bond acceptors (Lipinski definition) is 4. The fraction of sp³-hybridized carbons (Fsp3) is 0.0741. The molecule has 0 radical (unpaired) electrons. The second-order valence-corrected chi connectivity index (χ2v) is 9.31. The number of benzene rings is 3. The van der Waals surface area contributed by atoms with E-state index in [9.17, 15) is 9.59 Å². The van der Waals surface area contributed by atoms with E-state index in [4.69, 9.17) is 11.6 Å². The molecule has 0 aliphatic carbocycles. The fourth-order valence-electron chi connectivity index (χ4n) is 3.99. The van der Waals surface area contributed by atoms with Crippen LogP contribution in [-0.4, -0.2) is 10.5 Å². The van der Waals surface area contributed by atoms with Gasteiger partial charge < -0.3 is 5.32 Å². The van der Waals surface area contributed by atoms with Crippen LogP contribution in [0.3, 0.4) is 0 Å². The van der Waals surface area contributed by atoms with Crippen molar-refractivity contribution in [1.82, 2.24) is 4.57 Å². The molecule has 0 unspecified atom stereocenters. The number of amides is 1. The lowest BCUT2D eigenvalue weighted by atomic mass is 9.95. The van der Waals surface area contributed by atoms with Crippen LogP contribution in [0.25, 0.3) is 6.08 Å². The van der Waals surface area contributed by atoms with E-state index < -0.39 is 6.04 Å². The predicted octanol–water partition coefficient (Wildman–Crippen LogP) is 4.53. The van der Waals surface area contributed by atoms with Crippen molar-refractivity contribution in [2.75, 3.05) is 5.32 Å². The SMILES string of the molecule is CC1=C(C(=O)Nc2ccccc2)[C@@H](c2ccc(Cl)cc2)n2c(s/c(=C/c3ccccc3)c2=O)=N1. The van der Waals surface area contributed by atoms with E-state index in [2.05, 4.69) is 10.3 Å². The van der Waals surface area contributed by atoms with Crippen LogP contribution in [0.15, 0.2) is 106 Å². The largest absolute Gasteiger partial charge is 0.322 e. The van der Waals surface area contributed by atoms with Crippen LogP contribution in [0.5, 0.6) is 0 Å². The van der Waals surface area contributed by atoms with E-state index in [0.29, 0.717) is 31.3 Å². The summed E-state index contributed by atoms with van der Waals surface area (Å²) in [5.74, 6) is -0.301. The zero-order valence-corrected chi connectivity index (χ0v) is 19.8. The highest BCUT2D eigenvalue weighted by molar-refractivity contribution is 7.07. The highest BCUT2D eigenvalue weighted by atomic mass is 35.5. The van der Waals surface area contributed by atoms with Crippen LogP contribution in [-0.2, 0) is 4.79 Å². The number of hydrogen-bond donors (Lipinski definition) is 1. The summed E-state index contributed by atoms with van der Waals surface area (Å²) in [6, 6.07) is 25.5. The van der Waals surface area contributed by atoms with E-state index in [0.717, 1.165) is 11.1 Å². The molecule has 5 rings (SSSR count). The number of aromatic nitrogens is 1. The van der Waals surface area contributed by atoms with Gasteiger partial charge in [-0.05, 0) is 48.4 Å². The van der Waals surface area contributed by atoms with Gasteiger partial charge in [-0.15, -0.1) is 0 Å². The number of halogens is 1. The summed E-state index contributed by atoms with van der Waals surface area (Å²) in [6.45, 7) is 1.80. The summed E-state index contributed by atoms with van der Waals surface area (Å²) in [4.78, 5) is 32.3. The van der Waals surface area contributed by atoms with Gasteiger partial charge in [-0.1, -0.05) is 83.6 Å². The first-order valence-corrected chi connectivity index (χ1v) is 11.9. The number of carbonyl (C=O) groups is 1. The summed E-state index contributed by atoms with van der Waals surface area (Å²) < 4.78 is 2.16. The minimum atomic E-state index is -0.629. The minimum absolute atomic E-state index is 0.190. The van der Waals surface area contributed by atoms with Crippen LogP contribution in [0.2, 0.25) is 5.02 Å². The maximum Gasteiger partial charge on any atom is 0.271 e. The molecule has 1 N–H and O–H groups in total. The Labute approximate surface area is 205 Å². The monoisotopic (exact) mass is 485 g/mol. The summed E-state index contributed by atoms with van der Waals surface area (Å²) in [6.07, 6.45) is 1.85. The van der Waals surface area contributed by atoms with Gasteiger partial charge in [-0.3, -0.25) is 14.2 Å². The third kappa shape index (κ3) is 4.25. The lowest BCUT2D eigenvalue weighted by Crippen LogP contribution is -2.40. The number of rotatable bonds is 4. The highest BCUT2D eigenvalue weighted by Crippen LogP contribution is 2.31. The van der Waals surface area contributed by atoms with Crippen LogP contribution in [0.4, 0.5) is 5.69 Å². The number of fused-ring (bicyclic) bond motifs is 1. The molecule has 7 heteroatoms. The second kappa shape index (κ2) is 9.25. The molecular weight excluding hydrogens is 466 g/mol. The predicted molar refractivity (Wildman–Crippen MR) is 137 cm³/mol. The fourth-order valence-corrected chi connectivity index (χ4v) is 5.17. The maximum atomic E-state index is 13.6. The van der Waals surface area contributed by atoms with Crippen molar-refractivity contribution < 1.29 is 4.79 Å². The van der Waals surface area contributed by atoms with Gasteiger partial charge in [0.25, 0.3) is 11.5 Å². The molecule has 0 bridgehead atoms. The third-order valence-electron chi connectivity index (χ3n) is 5.58. The standard InChI is InChI=1S/C27H20ClN3O2S/c1-17-23(25(32)30-21-10-6-3-7-11-21)24(19-12-14-20(28)15-13-19)31-26(33)22(34-27(31)29-17)16-18-8-4-2-5-9-18/h2-16,24H,1H3,(H,30,32)/b22-16+/t24-/m1/s1. The first-order valence-electron chi connectivity index (χ1n) is 10.7. The van der Waals surface area contributed by atoms with Gasteiger partial charge in [0.15, 0.2) is 4.80 Å². The molecule has 4 aromatic rings. The molecule has 0 fully saturated rings. The summed E-state index contributed by atoms with van der Waals surface area (Å²) in [5, 5.41) is 3.53. The number of nitrogens with one attached hydrogen (secondary N) is 1. The summed E-state index contributed by atoms with van der Waals surface area (Å²) >= 11 is 7.45. The Morgan fingerprint density at radius 1 is 1.00 bits per heavy atom. The molecule has 5 nitrogen and oxygen atoms in total. The number of para-hydroxylation sites is 1. The molecule has 1 aromatic heterocycles. The van der Waals surface area contributed by atoms with E-state index in [1.165, 1.54) is 11.3 Å². The van der Waals surface area contributed by atoms with Crippen molar-refractivity contribution in [3.8, 4) is 0 Å². The van der Waals surface area contributed by atoms with Gasteiger partial charge in [0.05, 0.1) is 21.8 Å². The summed E-state index contributed by atoms with van der Waals surface area (Å²) in [5.41, 5.74) is 3.18. The van der Waals surface area contributed by atoms with E-state index >= 15 is 0 Å². The number of allylic oxidation sites excluding steroid dienone is 1. The molecule has 1 atom stereocenters. The average molecular weight is 486 g/mol. The van der Waals surface area contributed by atoms with Gasteiger partial charge in [0, 0.05) is 10.7 Å². The van der Waals surface area contributed by atoms with Gasteiger partial charge >= 0.3 is 0 Å². The Morgan fingerprint density at radius 3 is 2.32 bits per heavy atom. The van der Waals surface area contributed by atoms with E-state index in [-0.39, 0.29) is 11.5 Å². The Morgan fingerprint density at radius 2 is 1.65 bits per heavy atom. The van der Waals surface area contributed by atoms with Crippen LogP contribution >= 0.6 is 22.9 Å². The lowest BCUT2D eigenvalue weighted by molar-refractivity contribution is -0.113. The number of nitrogens with zero attached hydrogens (tertiary/aromatic N) is 2. The van der Waals surface area contributed by atoms with Gasteiger partial charge in [0.1, 0.15) is 0 Å². The zero-order chi connectivity index (χ0) is 23.7. The zero-order valence-electron chi connectivity index (χ0n) is 18.2. The van der Waals surface area contributed by atoms with Crippen molar-refractivity contribution in [2.24, 2.45) is 4.99 Å². The Kier molecular flexibility index (Phi) is 6.01. The Bertz CT molecular complexity index is 1570. The van der Waals surface area contributed by atoms with Crippen LogP contribution in [0.1, 0.15) is 24.1 Å². The van der Waals surface area contributed by atoms with E-state index in [1.54, 1.807) is 23.6 Å². The van der Waals surface area contributed by atoms with Crippen molar-refractivity contribution in [3.05, 3.63) is 132 Å². The third-order valence-corrected chi connectivity index (χ3v) is 6.82.